The Morgan fingerprint density at radius 2 is 1.55 bits per heavy atom. The summed E-state index contributed by atoms with van der Waals surface area (Å²) in [6.07, 6.45) is 1.17. The van der Waals surface area contributed by atoms with Crippen molar-refractivity contribution in [3.8, 4) is 11.5 Å². The fourth-order valence-corrected chi connectivity index (χ4v) is 3.90. The number of carboxylic acids is 2. The van der Waals surface area contributed by atoms with Crippen LogP contribution in [0.5, 0.6) is 11.5 Å². The number of carbonyl (C=O) groups excluding carboxylic acids is 1. The van der Waals surface area contributed by atoms with Crippen LogP contribution in [0.1, 0.15) is 32.3 Å². The Balaban J connectivity index is 0.000000432. The van der Waals surface area contributed by atoms with Gasteiger partial charge in [0.15, 0.2) is 23.7 Å². The van der Waals surface area contributed by atoms with E-state index in [1.165, 1.54) is 0 Å². The monoisotopic (exact) mass is 538 g/mol. The number of morpholine rings is 1. The Hall–Kier alpha value is -3.19. The minimum Gasteiger partial charge on any atom is -0.493 e. The standard InChI is InChI=1S/C22H32N2O4.C4H6O6/c1-17(2)23-10-8-19(9-11-23)28-20-6-4-18(16-21(20)26-3)5-7-22(25)24-12-14-27-15-13-24;5-1(3(7)8)2(6)4(9)10/h4-7,16-17,19H,8-15H2,1-3H3;1-2,5-6H,(H,7,8)(H,9,10)/t;1-,2-/m.1/s1. The molecule has 212 valence electrons. The highest BCUT2D eigenvalue weighted by atomic mass is 16.5. The minimum absolute atomic E-state index is 0.0134. The van der Waals surface area contributed by atoms with Crippen LogP contribution in [-0.2, 0) is 19.1 Å². The number of ether oxygens (including phenoxy) is 3. The summed E-state index contributed by atoms with van der Waals surface area (Å²) in [5.41, 5.74) is 0.917. The van der Waals surface area contributed by atoms with E-state index in [1.807, 2.05) is 24.3 Å². The second-order valence-corrected chi connectivity index (χ2v) is 9.19. The van der Waals surface area contributed by atoms with Crippen molar-refractivity contribution in [1.82, 2.24) is 9.80 Å². The lowest BCUT2D eigenvalue weighted by Crippen LogP contribution is -2.41. The topological polar surface area (TPSA) is 166 Å². The van der Waals surface area contributed by atoms with Gasteiger partial charge < -0.3 is 44.4 Å². The van der Waals surface area contributed by atoms with Crippen LogP contribution in [0.3, 0.4) is 0 Å². The maximum atomic E-state index is 12.3. The number of aliphatic hydroxyl groups is 2. The van der Waals surface area contributed by atoms with Crippen molar-refractivity contribution < 1.29 is 49.0 Å². The Morgan fingerprint density at radius 3 is 2.05 bits per heavy atom. The van der Waals surface area contributed by atoms with Crippen LogP contribution in [0.25, 0.3) is 6.08 Å². The molecule has 0 bridgehead atoms. The van der Waals surface area contributed by atoms with Gasteiger partial charge in [-0.15, -0.1) is 0 Å². The zero-order valence-corrected chi connectivity index (χ0v) is 22.0. The summed E-state index contributed by atoms with van der Waals surface area (Å²) in [6.45, 7) is 9.11. The van der Waals surface area contributed by atoms with Gasteiger partial charge in [-0.1, -0.05) is 6.07 Å². The zero-order valence-electron chi connectivity index (χ0n) is 22.0. The SMILES string of the molecule is COc1cc(C=CC(=O)N2CCOCC2)ccc1OC1CCN(C(C)C)CC1.O=C(O)[C@H](O)[C@@H](O)C(=O)O. The van der Waals surface area contributed by atoms with Crippen molar-refractivity contribution in [3.05, 3.63) is 29.8 Å². The van der Waals surface area contributed by atoms with E-state index in [9.17, 15) is 14.4 Å². The molecule has 0 aliphatic carbocycles. The lowest BCUT2D eigenvalue weighted by Gasteiger charge is -2.34. The van der Waals surface area contributed by atoms with Gasteiger partial charge in [-0.2, -0.15) is 0 Å². The molecule has 2 fully saturated rings. The minimum atomic E-state index is -2.27. The molecule has 0 unspecified atom stereocenters. The van der Waals surface area contributed by atoms with E-state index in [0.717, 1.165) is 37.2 Å². The van der Waals surface area contributed by atoms with Gasteiger partial charge in [0.1, 0.15) is 6.10 Å². The van der Waals surface area contributed by atoms with Gasteiger partial charge in [0.25, 0.3) is 0 Å². The van der Waals surface area contributed by atoms with Crippen molar-refractivity contribution in [3.63, 3.8) is 0 Å². The quantitative estimate of drug-likeness (QED) is 0.327. The van der Waals surface area contributed by atoms with Gasteiger partial charge in [-0.25, -0.2) is 9.59 Å². The molecule has 38 heavy (non-hydrogen) atoms. The number of hydrogen-bond donors (Lipinski definition) is 4. The number of benzene rings is 1. The van der Waals surface area contributed by atoms with Gasteiger partial charge in [0, 0.05) is 38.3 Å². The van der Waals surface area contributed by atoms with E-state index in [1.54, 1.807) is 18.1 Å². The number of nitrogens with zero attached hydrogens (tertiary/aromatic N) is 2. The molecule has 3 rings (SSSR count). The first kappa shape index (κ1) is 31.0. The van der Waals surface area contributed by atoms with Crippen LogP contribution in [0, 0.1) is 0 Å². The van der Waals surface area contributed by atoms with Crippen LogP contribution in [0.4, 0.5) is 0 Å². The Kier molecular flexibility index (Phi) is 12.5. The van der Waals surface area contributed by atoms with E-state index in [4.69, 9.17) is 34.6 Å². The summed E-state index contributed by atoms with van der Waals surface area (Å²) in [5, 5.41) is 32.5. The first-order valence-electron chi connectivity index (χ1n) is 12.5. The van der Waals surface area contributed by atoms with E-state index >= 15 is 0 Å². The molecule has 0 spiro atoms. The van der Waals surface area contributed by atoms with Crippen LogP contribution >= 0.6 is 0 Å². The number of piperidine rings is 1. The second kappa shape index (κ2) is 15.3. The lowest BCUT2D eigenvalue weighted by atomic mass is 10.1. The third-order valence-corrected chi connectivity index (χ3v) is 6.23. The Morgan fingerprint density at radius 1 is 0.974 bits per heavy atom. The number of likely N-dealkylation sites (tertiary alicyclic amines) is 1. The fourth-order valence-electron chi connectivity index (χ4n) is 3.90. The number of aliphatic hydroxyl groups excluding tert-OH is 2. The van der Waals surface area contributed by atoms with Crippen molar-refractivity contribution in [2.75, 3.05) is 46.5 Å². The molecule has 4 N–H and O–H groups in total. The highest BCUT2D eigenvalue weighted by Crippen LogP contribution is 2.31. The maximum absolute atomic E-state index is 12.3. The van der Waals surface area contributed by atoms with Crippen LogP contribution in [-0.4, -0.2) is 119 Å². The third kappa shape index (κ3) is 9.60. The summed E-state index contributed by atoms with van der Waals surface area (Å²) >= 11 is 0. The van der Waals surface area contributed by atoms with Crippen molar-refractivity contribution in [1.29, 1.82) is 0 Å². The summed E-state index contributed by atoms with van der Waals surface area (Å²) in [4.78, 5) is 36.1. The number of aliphatic carboxylic acids is 2. The normalized spacial score (nSPS) is 18.4. The number of carboxylic acid groups (broad SMARTS) is 2. The fraction of sp³-hybridized carbons (Fsp3) is 0.577. The van der Waals surface area contributed by atoms with Crippen LogP contribution in [0.15, 0.2) is 24.3 Å². The van der Waals surface area contributed by atoms with Crippen LogP contribution < -0.4 is 9.47 Å². The largest absolute Gasteiger partial charge is 0.493 e. The molecule has 2 heterocycles. The second-order valence-electron chi connectivity index (χ2n) is 9.19. The van der Waals surface area contributed by atoms with Gasteiger partial charge in [0.05, 0.1) is 20.3 Å². The van der Waals surface area contributed by atoms with E-state index < -0.39 is 24.1 Å². The van der Waals surface area contributed by atoms with E-state index in [0.29, 0.717) is 38.1 Å². The van der Waals surface area contributed by atoms with Gasteiger partial charge in [-0.05, 0) is 50.5 Å². The summed E-state index contributed by atoms with van der Waals surface area (Å²) < 4.78 is 17.0. The van der Waals surface area contributed by atoms with Crippen molar-refractivity contribution >= 4 is 23.9 Å². The summed E-state index contributed by atoms with van der Waals surface area (Å²) in [5.74, 6) is -2.06. The molecule has 1 aromatic carbocycles. The summed E-state index contributed by atoms with van der Waals surface area (Å²) in [6, 6.07) is 6.40. The number of rotatable bonds is 9. The Labute approximate surface area is 222 Å². The molecule has 2 aliphatic rings. The third-order valence-electron chi connectivity index (χ3n) is 6.23. The molecular weight excluding hydrogens is 500 g/mol. The number of hydrogen-bond acceptors (Lipinski definition) is 9. The van der Waals surface area contributed by atoms with Gasteiger partial charge in [0.2, 0.25) is 5.91 Å². The predicted molar refractivity (Wildman–Crippen MR) is 137 cm³/mol. The molecule has 0 radical (unpaired) electrons. The van der Waals surface area contributed by atoms with E-state index in [-0.39, 0.29) is 12.0 Å². The molecule has 12 nitrogen and oxygen atoms in total. The summed E-state index contributed by atoms with van der Waals surface area (Å²) in [7, 11) is 1.65. The first-order valence-corrected chi connectivity index (χ1v) is 12.5. The lowest BCUT2D eigenvalue weighted by molar-refractivity contribution is -0.165. The van der Waals surface area contributed by atoms with Crippen LogP contribution in [0.2, 0.25) is 0 Å². The molecular formula is C26H38N2O10. The predicted octanol–water partition coefficient (Wildman–Crippen LogP) is 0.696. The molecule has 2 aliphatic heterocycles. The average molecular weight is 539 g/mol. The Bertz CT molecular complexity index is 935. The molecule has 2 atom stereocenters. The number of methoxy groups -OCH3 is 1. The van der Waals surface area contributed by atoms with Crippen molar-refractivity contribution in [2.24, 2.45) is 0 Å². The highest BCUT2D eigenvalue weighted by molar-refractivity contribution is 5.92. The average Bonchev–Trinajstić information content (AvgIpc) is 2.92. The smallest absolute Gasteiger partial charge is 0.335 e. The van der Waals surface area contributed by atoms with Crippen molar-refractivity contribution in [2.45, 2.75) is 51.0 Å². The number of carbonyl (C=O) groups is 3. The van der Waals surface area contributed by atoms with Gasteiger partial charge in [-0.3, -0.25) is 4.79 Å². The molecule has 0 saturated carbocycles. The number of amides is 1. The molecule has 0 aromatic heterocycles. The van der Waals surface area contributed by atoms with E-state index in [2.05, 4.69) is 18.7 Å². The highest BCUT2D eigenvalue weighted by Gasteiger charge is 2.29. The molecule has 2 saturated heterocycles. The zero-order chi connectivity index (χ0) is 28.2. The molecule has 12 heteroatoms. The van der Waals surface area contributed by atoms with Gasteiger partial charge >= 0.3 is 11.9 Å². The maximum Gasteiger partial charge on any atom is 0.335 e. The molecule has 1 aromatic rings. The first-order chi connectivity index (χ1) is 18.0. The molecule has 1 amide bonds.